The number of anilines is 1. The first-order chi connectivity index (χ1) is 6.50. The first-order valence-corrected chi connectivity index (χ1v) is 5.50. The molecule has 0 aliphatic rings. The van der Waals surface area contributed by atoms with E-state index in [1.54, 1.807) is 19.1 Å². The summed E-state index contributed by atoms with van der Waals surface area (Å²) in [6.07, 6.45) is 1.45. The number of hydrogen-bond donors (Lipinski definition) is 2. The topological polar surface area (TPSA) is 66.4 Å². The van der Waals surface area contributed by atoms with Gasteiger partial charge in [-0.1, -0.05) is 11.6 Å². The molecule has 1 unspecified atom stereocenters. The number of carboxylic acids is 1. The van der Waals surface area contributed by atoms with Crippen molar-refractivity contribution in [3.05, 3.63) is 29.3 Å². The van der Waals surface area contributed by atoms with E-state index < -0.39 is 17.0 Å². The van der Waals surface area contributed by atoms with E-state index in [1.807, 2.05) is 0 Å². The average Bonchev–Trinajstić information content (AvgIpc) is 2.07. The third kappa shape index (κ3) is 2.56. The molecular weight excluding hydrogens is 202 g/mol. The third-order valence-electron chi connectivity index (χ3n) is 1.66. The molecule has 4 nitrogen and oxygen atoms in total. The monoisotopic (exact) mass is 213 g/mol. The van der Waals surface area contributed by atoms with E-state index in [4.69, 9.17) is 5.11 Å². The fourth-order valence-electron chi connectivity index (χ4n) is 1.08. The SMILES string of the molecule is Cc1ccc(NS(C)=O)c(C(=O)O)c1. The van der Waals surface area contributed by atoms with Gasteiger partial charge in [0.2, 0.25) is 0 Å². The minimum Gasteiger partial charge on any atom is -0.478 e. The first kappa shape index (κ1) is 10.7. The average molecular weight is 213 g/mol. The zero-order chi connectivity index (χ0) is 10.7. The molecule has 1 atom stereocenters. The second kappa shape index (κ2) is 4.23. The highest BCUT2D eigenvalue weighted by atomic mass is 32.2. The molecule has 0 saturated heterocycles. The van der Waals surface area contributed by atoms with Gasteiger partial charge in [-0.25, -0.2) is 9.00 Å². The Labute approximate surface area is 84.5 Å². The zero-order valence-electron chi connectivity index (χ0n) is 7.90. The van der Waals surface area contributed by atoms with Gasteiger partial charge in [0.15, 0.2) is 0 Å². The van der Waals surface area contributed by atoms with Crippen molar-refractivity contribution in [1.29, 1.82) is 0 Å². The largest absolute Gasteiger partial charge is 0.478 e. The van der Waals surface area contributed by atoms with Crippen molar-refractivity contribution in [2.24, 2.45) is 0 Å². The van der Waals surface area contributed by atoms with Crippen LogP contribution in [-0.2, 0) is 11.0 Å². The van der Waals surface area contributed by atoms with E-state index in [9.17, 15) is 9.00 Å². The number of carbonyl (C=O) groups is 1. The minimum atomic E-state index is -1.26. The van der Waals surface area contributed by atoms with Crippen LogP contribution in [0.2, 0.25) is 0 Å². The predicted molar refractivity (Wildman–Crippen MR) is 55.8 cm³/mol. The highest BCUT2D eigenvalue weighted by Crippen LogP contribution is 2.17. The summed E-state index contributed by atoms with van der Waals surface area (Å²) < 4.78 is 13.5. The lowest BCUT2D eigenvalue weighted by Crippen LogP contribution is -2.07. The molecule has 0 aliphatic carbocycles. The smallest absolute Gasteiger partial charge is 0.337 e. The van der Waals surface area contributed by atoms with Gasteiger partial charge in [0.1, 0.15) is 11.0 Å². The summed E-state index contributed by atoms with van der Waals surface area (Å²) >= 11 is 0. The molecule has 1 aromatic rings. The Hall–Kier alpha value is -1.36. The Morgan fingerprint density at radius 2 is 2.14 bits per heavy atom. The molecule has 0 fully saturated rings. The second-order valence-corrected chi connectivity index (χ2v) is 4.02. The molecule has 5 heteroatoms. The number of hydrogen-bond acceptors (Lipinski definition) is 2. The van der Waals surface area contributed by atoms with E-state index in [1.165, 1.54) is 12.3 Å². The van der Waals surface area contributed by atoms with Crippen molar-refractivity contribution in [3.8, 4) is 0 Å². The maximum absolute atomic E-state index is 10.9. The summed E-state index contributed by atoms with van der Waals surface area (Å²) in [4.78, 5) is 10.8. The lowest BCUT2D eigenvalue weighted by molar-refractivity contribution is 0.0698. The molecule has 2 N–H and O–H groups in total. The highest BCUT2D eigenvalue weighted by molar-refractivity contribution is 7.85. The Morgan fingerprint density at radius 1 is 1.50 bits per heavy atom. The van der Waals surface area contributed by atoms with E-state index in [0.717, 1.165) is 5.56 Å². The van der Waals surface area contributed by atoms with Crippen LogP contribution in [-0.4, -0.2) is 21.5 Å². The van der Waals surface area contributed by atoms with Crippen LogP contribution >= 0.6 is 0 Å². The Bertz CT molecular complexity index is 390. The maximum atomic E-state index is 10.9. The molecule has 0 radical (unpaired) electrons. The van der Waals surface area contributed by atoms with Crippen LogP contribution in [0.25, 0.3) is 0 Å². The third-order valence-corrected chi connectivity index (χ3v) is 2.17. The number of benzene rings is 1. The van der Waals surface area contributed by atoms with Crippen molar-refractivity contribution < 1.29 is 14.1 Å². The van der Waals surface area contributed by atoms with Gasteiger partial charge in [-0.3, -0.25) is 0 Å². The van der Waals surface area contributed by atoms with Crippen molar-refractivity contribution >= 4 is 22.6 Å². The number of nitrogens with one attached hydrogen (secondary N) is 1. The van der Waals surface area contributed by atoms with Crippen LogP contribution in [0.3, 0.4) is 0 Å². The van der Waals surface area contributed by atoms with Crippen LogP contribution in [0, 0.1) is 6.92 Å². The number of rotatable bonds is 3. The van der Waals surface area contributed by atoms with Gasteiger partial charge in [-0.2, -0.15) is 0 Å². The van der Waals surface area contributed by atoms with Gasteiger partial charge in [0.05, 0.1) is 11.3 Å². The van der Waals surface area contributed by atoms with Crippen LogP contribution in [0.4, 0.5) is 5.69 Å². The highest BCUT2D eigenvalue weighted by Gasteiger charge is 2.10. The molecule has 76 valence electrons. The molecular formula is C9H11NO3S. The van der Waals surface area contributed by atoms with Crippen molar-refractivity contribution in [1.82, 2.24) is 0 Å². The van der Waals surface area contributed by atoms with E-state index in [-0.39, 0.29) is 5.56 Å². The summed E-state index contributed by atoms with van der Waals surface area (Å²) in [5.41, 5.74) is 1.37. The standard InChI is InChI=1S/C9H11NO3S/c1-6-3-4-8(10-14(2)13)7(5-6)9(11)12/h3-5,10H,1-2H3,(H,11,12). The predicted octanol–water partition coefficient (Wildman–Crippen LogP) is 1.40. The molecule has 14 heavy (non-hydrogen) atoms. The Kier molecular flexibility index (Phi) is 3.24. The van der Waals surface area contributed by atoms with Crippen molar-refractivity contribution in [2.75, 3.05) is 11.0 Å². The quantitative estimate of drug-likeness (QED) is 0.797. The summed E-state index contributed by atoms with van der Waals surface area (Å²) in [5.74, 6) is -1.03. The van der Waals surface area contributed by atoms with E-state index in [2.05, 4.69) is 4.72 Å². The van der Waals surface area contributed by atoms with Gasteiger partial charge < -0.3 is 9.83 Å². The fraction of sp³-hybridized carbons (Fsp3) is 0.222. The molecule has 0 aromatic heterocycles. The summed E-state index contributed by atoms with van der Waals surface area (Å²) in [6, 6.07) is 4.92. The van der Waals surface area contributed by atoms with Gasteiger partial charge >= 0.3 is 5.97 Å². The van der Waals surface area contributed by atoms with E-state index in [0.29, 0.717) is 5.69 Å². The van der Waals surface area contributed by atoms with Crippen molar-refractivity contribution in [2.45, 2.75) is 6.92 Å². The summed E-state index contributed by atoms with van der Waals surface area (Å²) in [6.45, 7) is 1.80. The molecule has 0 heterocycles. The van der Waals surface area contributed by atoms with Crippen LogP contribution in [0.15, 0.2) is 18.2 Å². The summed E-state index contributed by atoms with van der Waals surface area (Å²) in [7, 11) is -1.26. The van der Waals surface area contributed by atoms with Gasteiger partial charge in [0, 0.05) is 6.26 Å². The van der Waals surface area contributed by atoms with Gasteiger partial charge in [0.25, 0.3) is 0 Å². The molecule has 1 aromatic carbocycles. The van der Waals surface area contributed by atoms with Crippen molar-refractivity contribution in [3.63, 3.8) is 0 Å². The fourth-order valence-corrected chi connectivity index (χ4v) is 1.57. The lowest BCUT2D eigenvalue weighted by atomic mass is 10.1. The molecule has 1 rings (SSSR count). The lowest BCUT2D eigenvalue weighted by Gasteiger charge is -2.07. The molecule has 0 aliphatic heterocycles. The summed E-state index contributed by atoms with van der Waals surface area (Å²) in [5, 5.41) is 8.86. The Balaban J connectivity index is 3.14. The normalized spacial score (nSPS) is 12.1. The first-order valence-electron chi connectivity index (χ1n) is 3.94. The Morgan fingerprint density at radius 3 is 2.64 bits per heavy atom. The molecule has 0 saturated carbocycles. The number of aromatic carboxylic acids is 1. The van der Waals surface area contributed by atoms with Crippen LogP contribution in [0.1, 0.15) is 15.9 Å². The van der Waals surface area contributed by atoms with Gasteiger partial charge in [-0.05, 0) is 19.1 Å². The molecule has 0 amide bonds. The number of aryl methyl sites for hydroxylation is 1. The van der Waals surface area contributed by atoms with Crippen LogP contribution < -0.4 is 4.72 Å². The molecule has 0 bridgehead atoms. The second-order valence-electron chi connectivity index (χ2n) is 2.91. The minimum absolute atomic E-state index is 0.139. The molecule has 0 spiro atoms. The van der Waals surface area contributed by atoms with E-state index >= 15 is 0 Å². The van der Waals surface area contributed by atoms with Crippen LogP contribution in [0.5, 0.6) is 0 Å². The number of carboxylic acid groups (broad SMARTS) is 1. The van der Waals surface area contributed by atoms with Gasteiger partial charge in [-0.15, -0.1) is 0 Å². The zero-order valence-corrected chi connectivity index (χ0v) is 8.72. The maximum Gasteiger partial charge on any atom is 0.337 e.